The number of hydrogen-bond acceptors (Lipinski definition) is 7. The molecule has 1 saturated heterocycles. The molecule has 1 fully saturated rings. The lowest BCUT2D eigenvalue weighted by Crippen LogP contribution is -2.54. The molecule has 0 unspecified atom stereocenters. The van der Waals surface area contributed by atoms with Gasteiger partial charge in [-0.25, -0.2) is 14.5 Å². The number of imide groups is 2. The third kappa shape index (κ3) is 6.32. The van der Waals surface area contributed by atoms with Crippen molar-refractivity contribution in [1.82, 2.24) is 5.32 Å². The summed E-state index contributed by atoms with van der Waals surface area (Å²) in [7, 11) is 0. The van der Waals surface area contributed by atoms with Gasteiger partial charge >= 0.3 is 12.0 Å². The molecule has 1 aliphatic rings. The molecule has 0 atom stereocenters. The molecule has 0 saturated carbocycles. The first-order valence-electron chi connectivity index (χ1n) is 12.5. The number of amides is 4. The zero-order valence-corrected chi connectivity index (χ0v) is 22.9. The second kappa shape index (κ2) is 12.5. The van der Waals surface area contributed by atoms with Crippen LogP contribution >= 0.6 is 11.6 Å². The fraction of sp³-hybridized carbons (Fsp3) is 0.200. The highest BCUT2D eigenvalue weighted by atomic mass is 35.5. The zero-order chi connectivity index (χ0) is 28.8. The van der Waals surface area contributed by atoms with Crippen LogP contribution in [0.5, 0.6) is 11.5 Å². The fourth-order valence-electron chi connectivity index (χ4n) is 3.93. The van der Waals surface area contributed by atoms with Crippen LogP contribution in [0.15, 0.2) is 66.2 Å². The Balaban J connectivity index is 1.62. The molecule has 0 aromatic heterocycles. The first-order valence-corrected chi connectivity index (χ1v) is 12.9. The number of carbonyl (C=O) groups is 4. The normalized spacial score (nSPS) is 14.2. The molecule has 0 aliphatic carbocycles. The molecule has 0 radical (unpaired) electrons. The number of ether oxygens (including phenoxy) is 3. The topological polar surface area (TPSA) is 111 Å². The summed E-state index contributed by atoms with van der Waals surface area (Å²) in [6, 6.07) is 15.8. The lowest BCUT2D eigenvalue weighted by molar-refractivity contribution is -0.122. The van der Waals surface area contributed by atoms with Crippen molar-refractivity contribution >= 4 is 47.2 Å². The molecule has 40 heavy (non-hydrogen) atoms. The number of urea groups is 1. The summed E-state index contributed by atoms with van der Waals surface area (Å²) in [6.07, 6.45) is 1.32. The number of rotatable bonds is 9. The number of hydrogen-bond donors (Lipinski definition) is 1. The molecule has 1 N–H and O–H groups in total. The first kappa shape index (κ1) is 28.4. The number of barbiturate groups is 1. The standard InChI is InChI=1S/C30H27ClN2O7/c1-4-38-25-16-20(15-24(31)26(25)40-17-19-8-6-18(3)7-9-19)14-23-27(34)32-30(37)33(28(23)35)22-12-10-21(11-13-22)29(36)39-5-2/h6-16H,4-5,17H2,1-3H3,(H,32,34,37)/b23-14+. The van der Waals surface area contributed by atoms with Crippen LogP contribution in [-0.2, 0) is 20.9 Å². The Bertz CT molecular complexity index is 1480. The van der Waals surface area contributed by atoms with Crippen molar-refractivity contribution in [2.75, 3.05) is 18.1 Å². The van der Waals surface area contributed by atoms with Crippen LogP contribution in [0.1, 0.15) is 40.9 Å². The highest BCUT2D eigenvalue weighted by Gasteiger charge is 2.37. The van der Waals surface area contributed by atoms with Gasteiger partial charge in [0.25, 0.3) is 11.8 Å². The molecule has 3 aromatic carbocycles. The molecule has 206 valence electrons. The molecule has 1 aliphatic heterocycles. The predicted molar refractivity (Wildman–Crippen MR) is 150 cm³/mol. The van der Waals surface area contributed by atoms with E-state index in [1.54, 1.807) is 19.9 Å². The van der Waals surface area contributed by atoms with E-state index in [0.717, 1.165) is 16.0 Å². The summed E-state index contributed by atoms with van der Waals surface area (Å²) in [6.45, 7) is 6.27. The Kier molecular flexibility index (Phi) is 8.86. The number of esters is 1. The van der Waals surface area contributed by atoms with Gasteiger partial charge in [-0.15, -0.1) is 0 Å². The van der Waals surface area contributed by atoms with Gasteiger partial charge in [-0.05, 0) is 74.4 Å². The molecular weight excluding hydrogens is 536 g/mol. The van der Waals surface area contributed by atoms with Gasteiger partial charge in [0, 0.05) is 0 Å². The molecule has 9 nitrogen and oxygen atoms in total. The number of halogens is 1. The fourth-order valence-corrected chi connectivity index (χ4v) is 4.21. The quantitative estimate of drug-likeness (QED) is 0.209. The maximum atomic E-state index is 13.3. The van der Waals surface area contributed by atoms with Gasteiger partial charge in [-0.1, -0.05) is 41.4 Å². The van der Waals surface area contributed by atoms with Crippen LogP contribution in [0.2, 0.25) is 5.02 Å². The lowest BCUT2D eigenvalue weighted by Gasteiger charge is -2.26. The number of benzene rings is 3. The van der Waals surface area contributed by atoms with Gasteiger partial charge in [0.15, 0.2) is 11.5 Å². The molecule has 0 bridgehead atoms. The SMILES string of the molecule is CCOC(=O)c1ccc(N2C(=O)NC(=O)/C(=C\c3cc(Cl)c(OCc4ccc(C)cc4)c(OCC)c3)C2=O)cc1. The molecular formula is C30H27ClN2O7. The van der Waals surface area contributed by atoms with E-state index in [2.05, 4.69) is 5.32 Å². The van der Waals surface area contributed by atoms with Crippen LogP contribution in [-0.4, -0.2) is 37.0 Å². The van der Waals surface area contributed by atoms with Crippen molar-refractivity contribution in [3.05, 3.63) is 93.5 Å². The van der Waals surface area contributed by atoms with Gasteiger partial charge in [-0.2, -0.15) is 0 Å². The van der Waals surface area contributed by atoms with E-state index in [9.17, 15) is 19.2 Å². The second-order valence-electron chi connectivity index (χ2n) is 8.76. The van der Waals surface area contributed by atoms with Gasteiger partial charge < -0.3 is 14.2 Å². The lowest BCUT2D eigenvalue weighted by atomic mass is 10.1. The van der Waals surface area contributed by atoms with Crippen LogP contribution in [0, 0.1) is 6.92 Å². The Morgan fingerprint density at radius 3 is 2.30 bits per heavy atom. The Morgan fingerprint density at radius 2 is 1.65 bits per heavy atom. The van der Waals surface area contributed by atoms with Crippen molar-refractivity contribution in [2.24, 2.45) is 0 Å². The number of nitrogens with one attached hydrogen (secondary N) is 1. The average molecular weight is 563 g/mol. The van der Waals surface area contributed by atoms with Crippen LogP contribution in [0.4, 0.5) is 10.5 Å². The molecule has 4 amide bonds. The summed E-state index contributed by atoms with van der Waals surface area (Å²) >= 11 is 6.54. The van der Waals surface area contributed by atoms with Gasteiger partial charge in [0.05, 0.1) is 29.5 Å². The number of carbonyl (C=O) groups excluding carboxylic acids is 4. The minimum absolute atomic E-state index is 0.168. The van der Waals surface area contributed by atoms with Crippen LogP contribution < -0.4 is 19.7 Å². The van der Waals surface area contributed by atoms with Gasteiger partial charge in [0.1, 0.15) is 12.2 Å². The van der Waals surface area contributed by atoms with Crippen molar-refractivity contribution in [3.8, 4) is 11.5 Å². The third-order valence-electron chi connectivity index (χ3n) is 5.88. The minimum Gasteiger partial charge on any atom is -0.490 e. The van der Waals surface area contributed by atoms with Gasteiger partial charge in [0.2, 0.25) is 0 Å². The van der Waals surface area contributed by atoms with E-state index in [1.165, 1.54) is 36.4 Å². The van der Waals surface area contributed by atoms with Crippen molar-refractivity contribution in [2.45, 2.75) is 27.4 Å². The van der Waals surface area contributed by atoms with Crippen molar-refractivity contribution in [3.63, 3.8) is 0 Å². The maximum absolute atomic E-state index is 13.3. The van der Waals surface area contributed by atoms with E-state index in [-0.39, 0.29) is 35.1 Å². The van der Waals surface area contributed by atoms with E-state index < -0.39 is 23.8 Å². The average Bonchev–Trinajstić information content (AvgIpc) is 2.92. The Labute approximate surface area is 236 Å². The first-order chi connectivity index (χ1) is 19.2. The van der Waals surface area contributed by atoms with Gasteiger partial charge in [-0.3, -0.25) is 14.9 Å². The number of nitrogens with zero attached hydrogens (tertiary/aromatic N) is 1. The largest absolute Gasteiger partial charge is 0.490 e. The van der Waals surface area contributed by atoms with E-state index >= 15 is 0 Å². The maximum Gasteiger partial charge on any atom is 0.338 e. The van der Waals surface area contributed by atoms with Crippen LogP contribution in [0.3, 0.4) is 0 Å². The van der Waals surface area contributed by atoms with Crippen LogP contribution in [0.25, 0.3) is 6.08 Å². The summed E-state index contributed by atoms with van der Waals surface area (Å²) in [4.78, 5) is 51.3. The Morgan fingerprint density at radius 1 is 0.950 bits per heavy atom. The number of aryl methyl sites for hydroxylation is 1. The Hall–Kier alpha value is -4.63. The van der Waals surface area contributed by atoms with E-state index in [4.69, 9.17) is 25.8 Å². The summed E-state index contributed by atoms with van der Waals surface area (Å²) < 4.78 is 16.6. The van der Waals surface area contributed by atoms with Crippen molar-refractivity contribution in [1.29, 1.82) is 0 Å². The molecule has 10 heteroatoms. The molecule has 4 rings (SSSR count). The zero-order valence-electron chi connectivity index (χ0n) is 22.2. The highest BCUT2D eigenvalue weighted by molar-refractivity contribution is 6.39. The third-order valence-corrected chi connectivity index (χ3v) is 6.17. The minimum atomic E-state index is -0.913. The summed E-state index contributed by atoms with van der Waals surface area (Å²) in [5.41, 5.74) is 2.60. The predicted octanol–water partition coefficient (Wildman–Crippen LogP) is 5.47. The monoisotopic (exact) mass is 562 g/mol. The molecule has 0 spiro atoms. The number of anilines is 1. The summed E-state index contributed by atoms with van der Waals surface area (Å²) in [5.74, 6) is -1.58. The highest BCUT2D eigenvalue weighted by Crippen LogP contribution is 2.38. The molecule has 1 heterocycles. The smallest absolute Gasteiger partial charge is 0.338 e. The second-order valence-corrected chi connectivity index (χ2v) is 9.17. The molecule has 3 aromatic rings. The van der Waals surface area contributed by atoms with E-state index in [0.29, 0.717) is 23.7 Å². The summed E-state index contributed by atoms with van der Waals surface area (Å²) in [5, 5.41) is 2.39. The van der Waals surface area contributed by atoms with Crippen molar-refractivity contribution < 1.29 is 33.4 Å². The van der Waals surface area contributed by atoms with E-state index in [1.807, 2.05) is 31.2 Å².